The van der Waals surface area contributed by atoms with E-state index >= 15 is 0 Å². The quantitative estimate of drug-likeness (QED) is 0.373. The lowest BCUT2D eigenvalue weighted by Gasteiger charge is -2.09. The second kappa shape index (κ2) is 9.78. The van der Waals surface area contributed by atoms with E-state index in [1.807, 2.05) is 24.3 Å². The minimum absolute atomic E-state index is 0.202. The maximum Gasteiger partial charge on any atom is 0.189 e. The summed E-state index contributed by atoms with van der Waals surface area (Å²) in [6.45, 7) is 3.99. The Hall–Kier alpha value is -3.50. The van der Waals surface area contributed by atoms with E-state index < -0.39 is 15.1 Å². The molecule has 0 amide bonds. The lowest BCUT2D eigenvalue weighted by Crippen LogP contribution is -2.14. The molecular formula is C24H24BN5O3S. The number of nitrogens with one attached hydrogen (secondary N) is 1. The van der Waals surface area contributed by atoms with Gasteiger partial charge in [0.2, 0.25) is 0 Å². The molecule has 4 aromatic rings. The first kappa shape index (κ1) is 23.7. The van der Waals surface area contributed by atoms with Crippen LogP contribution in [-0.2, 0) is 16.4 Å². The van der Waals surface area contributed by atoms with E-state index in [1.165, 1.54) is 6.20 Å². The Balaban J connectivity index is 1.60. The smallest absolute Gasteiger partial charge is 0.189 e. The highest BCUT2D eigenvalue weighted by Gasteiger charge is 2.20. The van der Waals surface area contributed by atoms with E-state index in [1.54, 1.807) is 44.2 Å². The van der Waals surface area contributed by atoms with Gasteiger partial charge in [-0.1, -0.05) is 41.6 Å². The number of hydrogen-bond acceptors (Lipinski definition) is 8. The highest BCUT2D eigenvalue weighted by atomic mass is 32.2. The van der Waals surface area contributed by atoms with E-state index in [0.29, 0.717) is 41.4 Å². The monoisotopic (exact) mass is 473 g/mol. The Morgan fingerprint density at radius 2 is 1.68 bits per heavy atom. The molecule has 10 heteroatoms. The van der Waals surface area contributed by atoms with Crippen LogP contribution < -0.4 is 11.1 Å². The molecule has 4 rings (SSSR count). The van der Waals surface area contributed by atoms with Gasteiger partial charge in [0.25, 0.3) is 0 Å². The molecule has 0 saturated heterocycles. The summed E-state index contributed by atoms with van der Waals surface area (Å²) in [7, 11) is 2.12. The highest BCUT2D eigenvalue weighted by molar-refractivity contribution is 7.92. The van der Waals surface area contributed by atoms with Crippen molar-refractivity contribution < 1.29 is 12.9 Å². The van der Waals surface area contributed by atoms with Crippen molar-refractivity contribution in [2.24, 2.45) is 0 Å². The van der Waals surface area contributed by atoms with E-state index in [2.05, 4.69) is 20.4 Å². The summed E-state index contributed by atoms with van der Waals surface area (Å²) in [5.41, 5.74) is 10.3. The van der Waals surface area contributed by atoms with Gasteiger partial charge < -0.3 is 15.6 Å². The molecule has 0 aliphatic carbocycles. The van der Waals surface area contributed by atoms with Crippen molar-refractivity contribution in [2.45, 2.75) is 30.5 Å². The van der Waals surface area contributed by atoms with E-state index in [0.717, 1.165) is 11.1 Å². The van der Waals surface area contributed by atoms with Crippen LogP contribution in [-0.4, -0.2) is 43.1 Å². The van der Waals surface area contributed by atoms with Crippen molar-refractivity contribution in [3.05, 3.63) is 66.4 Å². The lowest BCUT2D eigenvalue weighted by molar-refractivity contribution is 0.434. The first-order valence-corrected chi connectivity index (χ1v) is 12.3. The van der Waals surface area contributed by atoms with Crippen LogP contribution in [0, 0.1) is 0 Å². The summed E-state index contributed by atoms with van der Waals surface area (Å²) in [5, 5.41) is 6.73. The molecule has 0 unspecified atom stereocenters. The molecule has 0 aliphatic heterocycles. The van der Waals surface area contributed by atoms with Gasteiger partial charge in [-0.05, 0) is 38.0 Å². The van der Waals surface area contributed by atoms with Gasteiger partial charge in [0.05, 0.1) is 29.9 Å². The number of nitrogens with two attached hydrogens (primary N) is 1. The van der Waals surface area contributed by atoms with Crippen LogP contribution in [0.2, 0.25) is 0 Å². The van der Waals surface area contributed by atoms with Gasteiger partial charge in [0.1, 0.15) is 5.69 Å². The molecule has 2 radical (unpaired) electrons. The number of nitrogens with zero attached hydrogens (tertiary/aromatic N) is 3. The van der Waals surface area contributed by atoms with Crippen LogP contribution in [0.25, 0.3) is 34.0 Å². The molecule has 0 atom stereocenters. The average molecular weight is 473 g/mol. The fraction of sp³-hybridized carbons (Fsp3) is 0.208. The van der Waals surface area contributed by atoms with Gasteiger partial charge in [-0.2, -0.15) is 0 Å². The summed E-state index contributed by atoms with van der Waals surface area (Å²) in [5.74, 6) is 0.586. The van der Waals surface area contributed by atoms with Crippen molar-refractivity contribution in [1.29, 1.82) is 0 Å². The molecule has 0 bridgehead atoms. The third kappa shape index (κ3) is 4.88. The van der Waals surface area contributed by atoms with Gasteiger partial charge in [0.15, 0.2) is 27.1 Å². The third-order valence-electron chi connectivity index (χ3n) is 5.37. The van der Waals surface area contributed by atoms with Gasteiger partial charge in [-0.3, -0.25) is 0 Å². The molecule has 3 N–H and O–H groups in total. The standard InChI is InChI=1S/C24H24BN5O3S/c1-15(2)34(31,32)19-9-7-18(8-10-19)21-13-28-24(26)23(29-21)22-11-20(30-33-22)17-5-3-16(4-6-17)12-27-14-25/h3-11,13,15,27H,12,14H2,1-2H3,(H2,26,28). The molecule has 0 saturated carbocycles. The number of benzene rings is 2. The highest BCUT2D eigenvalue weighted by Crippen LogP contribution is 2.30. The Morgan fingerprint density at radius 1 is 1.03 bits per heavy atom. The first-order chi connectivity index (χ1) is 16.3. The van der Waals surface area contributed by atoms with Crippen LogP contribution in [0.4, 0.5) is 5.82 Å². The number of hydrogen-bond donors (Lipinski definition) is 2. The zero-order valence-corrected chi connectivity index (χ0v) is 19.7. The van der Waals surface area contributed by atoms with Gasteiger partial charge in [-0.25, -0.2) is 18.4 Å². The van der Waals surface area contributed by atoms with E-state index in [-0.39, 0.29) is 10.7 Å². The Kier molecular flexibility index (Phi) is 6.81. The number of rotatable bonds is 8. The SMILES string of the molecule is [B]CNCc1ccc(-c2cc(-c3nc(-c4ccc(S(=O)(=O)C(C)C)cc4)cnc3N)on2)cc1. The zero-order chi connectivity index (χ0) is 24.3. The van der Waals surface area contributed by atoms with Crippen LogP contribution >= 0.6 is 0 Å². The molecule has 0 aliphatic rings. The molecule has 0 spiro atoms. The molecule has 0 fully saturated rings. The van der Waals surface area contributed by atoms with Crippen LogP contribution in [0.15, 0.2) is 70.2 Å². The number of nitrogen functional groups attached to an aromatic ring is 1. The maximum atomic E-state index is 12.4. The topological polar surface area (TPSA) is 124 Å². The molecule has 34 heavy (non-hydrogen) atoms. The van der Waals surface area contributed by atoms with Gasteiger partial charge in [-0.15, -0.1) is 0 Å². The minimum atomic E-state index is -3.35. The van der Waals surface area contributed by atoms with Crippen LogP contribution in [0.1, 0.15) is 19.4 Å². The molecular weight excluding hydrogens is 449 g/mol. The van der Waals surface area contributed by atoms with Crippen molar-refractivity contribution >= 4 is 23.5 Å². The van der Waals surface area contributed by atoms with Crippen molar-refractivity contribution in [1.82, 2.24) is 20.4 Å². The number of sulfone groups is 1. The van der Waals surface area contributed by atoms with E-state index in [9.17, 15) is 8.42 Å². The number of anilines is 1. The summed E-state index contributed by atoms with van der Waals surface area (Å²) in [6.07, 6.45) is 1.95. The summed E-state index contributed by atoms with van der Waals surface area (Å²) in [6, 6.07) is 16.2. The first-order valence-electron chi connectivity index (χ1n) is 10.7. The average Bonchev–Trinajstić information content (AvgIpc) is 3.33. The molecule has 172 valence electrons. The normalized spacial score (nSPS) is 11.7. The van der Waals surface area contributed by atoms with Crippen LogP contribution in [0.5, 0.6) is 0 Å². The number of aromatic nitrogens is 3. The summed E-state index contributed by atoms with van der Waals surface area (Å²) >= 11 is 0. The minimum Gasteiger partial charge on any atom is -0.382 e. The summed E-state index contributed by atoms with van der Waals surface area (Å²) < 4.78 is 30.3. The molecule has 2 aromatic heterocycles. The Labute approximate surface area is 199 Å². The Bertz CT molecular complexity index is 1390. The predicted octanol–water partition coefficient (Wildman–Crippen LogP) is 3.45. The van der Waals surface area contributed by atoms with Gasteiger partial charge in [0, 0.05) is 23.7 Å². The van der Waals surface area contributed by atoms with Gasteiger partial charge >= 0.3 is 0 Å². The predicted molar refractivity (Wildman–Crippen MR) is 133 cm³/mol. The fourth-order valence-corrected chi connectivity index (χ4v) is 4.40. The van der Waals surface area contributed by atoms with Crippen molar-refractivity contribution in [3.63, 3.8) is 0 Å². The Morgan fingerprint density at radius 3 is 2.32 bits per heavy atom. The lowest BCUT2D eigenvalue weighted by atomic mass is 10.1. The third-order valence-corrected chi connectivity index (χ3v) is 7.54. The van der Waals surface area contributed by atoms with E-state index in [4.69, 9.17) is 18.1 Å². The molecule has 2 aromatic carbocycles. The zero-order valence-electron chi connectivity index (χ0n) is 18.9. The van der Waals surface area contributed by atoms with Crippen molar-refractivity contribution in [2.75, 3.05) is 12.2 Å². The van der Waals surface area contributed by atoms with Crippen LogP contribution in [0.3, 0.4) is 0 Å². The molecule has 2 heterocycles. The second-order valence-corrected chi connectivity index (χ2v) is 10.5. The largest absolute Gasteiger partial charge is 0.382 e. The maximum absolute atomic E-state index is 12.4. The summed E-state index contributed by atoms with van der Waals surface area (Å²) in [4.78, 5) is 9.11. The fourth-order valence-electron chi connectivity index (χ4n) is 3.34. The van der Waals surface area contributed by atoms with Crippen molar-refractivity contribution in [3.8, 4) is 34.0 Å². The second-order valence-electron chi connectivity index (χ2n) is 8.01. The molecule has 8 nitrogen and oxygen atoms in total.